The molecule has 0 aliphatic carbocycles. The third-order valence-electron chi connectivity index (χ3n) is 12.4. The molecule has 0 bridgehead atoms. The highest BCUT2D eigenvalue weighted by molar-refractivity contribution is 7.26. The second-order valence-corrected chi connectivity index (χ2v) is 17.7. The molecular formula is C52H28BN2OS2. The highest BCUT2D eigenvalue weighted by atomic mass is 32.1. The maximum Gasteiger partial charge on any atom is 0.197 e. The van der Waals surface area contributed by atoms with Crippen LogP contribution < -0.4 is 15.8 Å². The van der Waals surface area contributed by atoms with Gasteiger partial charge in [-0.1, -0.05) is 103 Å². The van der Waals surface area contributed by atoms with Crippen LogP contribution in [0.5, 0.6) is 0 Å². The molecule has 0 unspecified atom stereocenters. The highest BCUT2D eigenvalue weighted by Crippen LogP contribution is 2.48. The Morgan fingerprint density at radius 3 is 2.02 bits per heavy atom. The molecule has 13 aromatic rings. The molecule has 0 saturated carbocycles. The molecule has 14 rings (SSSR count). The summed E-state index contributed by atoms with van der Waals surface area (Å²) in [4.78, 5) is 6.43. The molecule has 5 heterocycles. The predicted octanol–water partition coefficient (Wildman–Crippen LogP) is 14.2. The van der Waals surface area contributed by atoms with Gasteiger partial charge in [0.2, 0.25) is 0 Å². The van der Waals surface area contributed by atoms with Crippen molar-refractivity contribution in [1.82, 2.24) is 4.98 Å². The van der Waals surface area contributed by atoms with Crippen molar-refractivity contribution in [1.29, 1.82) is 0 Å². The molecule has 1 N–H and O–H groups in total. The zero-order valence-electron chi connectivity index (χ0n) is 30.8. The smallest absolute Gasteiger partial charge is 0.197 e. The van der Waals surface area contributed by atoms with E-state index in [0.29, 0.717) is 0 Å². The normalized spacial score (nSPS) is 12.9. The van der Waals surface area contributed by atoms with E-state index >= 15 is 0 Å². The minimum absolute atomic E-state index is 0.875. The second-order valence-electron chi connectivity index (χ2n) is 15.5. The van der Waals surface area contributed by atoms with E-state index in [9.17, 15) is 0 Å². The summed E-state index contributed by atoms with van der Waals surface area (Å²) >= 11 is 3.73. The van der Waals surface area contributed by atoms with Crippen LogP contribution in [0, 0.1) is 0 Å². The Morgan fingerprint density at radius 2 is 1.17 bits per heavy atom. The van der Waals surface area contributed by atoms with Crippen LogP contribution in [-0.2, 0) is 0 Å². The molecule has 1 aliphatic rings. The Bertz CT molecular complexity index is 3920. The van der Waals surface area contributed by atoms with E-state index in [0.717, 1.165) is 49.9 Å². The van der Waals surface area contributed by atoms with Crippen molar-refractivity contribution in [2.45, 2.75) is 0 Å². The highest BCUT2D eigenvalue weighted by Gasteiger charge is 2.32. The van der Waals surface area contributed by atoms with Crippen molar-refractivity contribution >= 4 is 153 Å². The molecule has 3 nitrogen and oxygen atoms in total. The van der Waals surface area contributed by atoms with Crippen molar-refractivity contribution in [2.24, 2.45) is 0 Å². The monoisotopic (exact) mass is 771 g/mol. The number of hydrogen-bond donors (Lipinski definition) is 1. The lowest BCUT2D eigenvalue weighted by molar-refractivity contribution is 0.669. The number of aromatic nitrogens is 1. The number of nitrogens with zero attached hydrogens (tertiary/aromatic N) is 1. The molecular weight excluding hydrogens is 744 g/mol. The first-order valence-electron chi connectivity index (χ1n) is 19.7. The fourth-order valence-electron chi connectivity index (χ4n) is 9.82. The van der Waals surface area contributed by atoms with Gasteiger partial charge >= 0.3 is 0 Å². The summed E-state index contributed by atoms with van der Waals surface area (Å²) in [5.41, 5.74) is 12.1. The van der Waals surface area contributed by atoms with Gasteiger partial charge in [-0.3, -0.25) is 0 Å². The Kier molecular flexibility index (Phi) is 6.13. The summed E-state index contributed by atoms with van der Waals surface area (Å²) in [7, 11) is 2.44. The first-order valence-corrected chi connectivity index (χ1v) is 21.3. The summed E-state index contributed by atoms with van der Waals surface area (Å²) in [5.74, 6) is 0. The van der Waals surface area contributed by atoms with Gasteiger partial charge in [0.25, 0.3) is 0 Å². The standard InChI is InChI=1S/C52H28BN2OS2/c1-2-11-29-23-40-36(22-28(29)10-1)33-15-9-16-35(52(33)54-40)50-49-34-14-3-6-17-43(34)56-44(49)27-42-51(50)53-39-26-48-38(32-13-5-8-19-46(32)58-48)25-41(39)55(42)30-20-21-47-37(24-30)31-12-4-7-18-45(31)57-47/h1-27,54H. The molecule has 1 aliphatic heterocycles. The Labute approximate surface area is 340 Å². The number of hydrogen-bond acceptors (Lipinski definition) is 4. The Balaban J connectivity index is 1.12. The summed E-state index contributed by atoms with van der Waals surface area (Å²) in [5, 5.41) is 12.3. The lowest BCUT2D eigenvalue weighted by atomic mass is 9.57. The van der Waals surface area contributed by atoms with Crippen molar-refractivity contribution < 1.29 is 4.42 Å². The minimum atomic E-state index is 0.875. The summed E-state index contributed by atoms with van der Waals surface area (Å²) < 4.78 is 12.1. The number of nitrogens with one attached hydrogen (secondary N) is 1. The van der Waals surface area contributed by atoms with Crippen LogP contribution in [0.15, 0.2) is 168 Å². The number of rotatable bonds is 2. The number of thiophene rings is 2. The number of aromatic amines is 1. The van der Waals surface area contributed by atoms with Crippen molar-refractivity contribution in [3.8, 4) is 11.1 Å². The van der Waals surface area contributed by atoms with Crippen molar-refractivity contribution in [3.05, 3.63) is 164 Å². The van der Waals surface area contributed by atoms with Crippen LogP contribution in [0.2, 0.25) is 0 Å². The second kappa shape index (κ2) is 11.4. The number of fused-ring (bicyclic) bond motifs is 15. The van der Waals surface area contributed by atoms with Crippen LogP contribution in [0.25, 0.3) is 106 Å². The lowest BCUT2D eigenvalue weighted by Crippen LogP contribution is -2.41. The molecule has 267 valence electrons. The lowest BCUT2D eigenvalue weighted by Gasteiger charge is -2.35. The zero-order chi connectivity index (χ0) is 37.6. The van der Waals surface area contributed by atoms with Gasteiger partial charge in [0.05, 0.1) is 5.52 Å². The summed E-state index contributed by atoms with van der Waals surface area (Å²) in [6.07, 6.45) is 0. The van der Waals surface area contributed by atoms with Crippen LogP contribution in [0.3, 0.4) is 0 Å². The topological polar surface area (TPSA) is 32.2 Å². The molecule has 0 amide bonds. The third kappa shape index (κ3) is 4.23. The van der Waals surface area contributed by atoms with E-state index < -0.39 is 0 Å². The van der Waals surface area contributed by atoms with Gasteiger partial charge in [-0.25, -0.2) is 0 Å². The Morgan fingerprint density at radius 1 is 0.483 bits per heavy atom. The molecule has 9 aromatic carbocycles. The average Bonchev–Trinajstić information content (AvgIpc) is 4.03. The van der Waals surface area contributed by atoms with Gasteiger partial charge in [0, 0.05) is 96.1 Å². The van der Waals surface area contributed by atoms with Crippen LogP contribution >= 0.6 is 22.7 Å². The first-order chi connectivity index (χ1) is 28.7. The number of para-hydroxylation sites is 2. The van der Waals surface area contributed by atoms with E-state index in [1.165, 1.54) is 84.1 Å². The number of furan rings is 1. The number of anilines is 3. The zero-order valence-corrected chi connectivity index (χ0v) is 32.5. The molecule has 4 aromatic heterocycles. The minimum Gasteiger partial charge on any atom is -0.456 e. The van der Waals surface area contributed by atoms with Crippen LogP contribution in [0.1, 0.15) is 0 Å². The average molecular weight is 772 g/mol. The number of benzene rings is 9. The molecule has 58 heavy (non-hydrogen) atoms. The van der Waals surface area contributed by atoms with Gasteiger partial charge in [0.15, 0.2) is 7.28 Å². The van der Waals surface area contributed by atoms with Crippen molar-refractivity contribution in [2.75, 3.05) is 4.90 Å². The van der Waals surface area contributed by atoms with E-state index in [1.54, 1.807) is 0 Å². The number of H-pyrrole nitrogens is 1. The summed E-state index contributed by atoms with van der Waals surface area (Å²) in [6.45, 7) is 0. The molecule has 6 heteroatoms. The van der Waals surface area contributed by atoms with E-state index in [2.05, 4.69) is 181 Å². The fraction of sp³-hybridized carbons (Fsp3) is 0. The Hall–Kier alpha value is -6.86. The van der Waals surface area contributed by atoms with E-state index in [-0.39, 0.29) is 0 Å². The van der Waals surface area contributed by atoms with Gasteiger partial charge in [-0.15, -0.1) is 22.7 Å². The maximum atomic E-state index is 6.86. The van der Waals surface area contributed by atoms with Gasteiger partial charge in [-0.05, 0) is 82.5 Å². The van der Waals surface area contributed by atoms with Crippen LogP contribution in [0.4, 0.5) is 17.1 Å². The SMILES string of the molecule is [B]1c2cc3sc4ccccc4c3cc2N(c2ccc3sc4ccccc4c3c2)c2cc3oc4ccccc4c3c(-c3cccc4c3[nH]c3cc5ccccc5cc34)c21. The summed E-state index contributed by atoms with van der Waals surface area (Å²) in [6, 6.07) is 60.2. The maximum absolute atomic E-state index is 6.86. The molecule has 0 atom stereocenters. The van der Waals surface area contributed by atoms with Gasteiger partial charge in [-0.2, -0.15) is 0 Å². The fourth-order valence-corrected chi connectivity index (χ4v) is 12.0. The van der Waals surface area contributed by atoms with Gasteiger partial charge in [0.1, 0.15) is 11.2 Å². The van der Waals surface area contributed by atoms with Gasteiger partial charge < -0.3 is 14.3 Å². The third-order valence-corrected chi connectivity index (χ3v) is 14.7. The largest absolute Gasteiger partial charge is 0.456 e. The molecule has 0 spiro atoms. The van der Waals surface area contributed by atoms with Crippen molar-refractivity contribution in [3.63, 3.8) is 0 Å². The first kappa shape index (κ1) is 31.3. The van der Waals surface area contributed by atoms with Crippen LogP contribution in [-0.4, -0.2) is 12.3 Å². The van der Waals surface area contributed by atoms with E-state index in [4.69, 9.17) is 4.42 Å². The predicted molar refractivity (Wildman–Crippen MR) is 252 cm³/mol. The quantitative estimate of drug-likeness (QED) is 0.178. The molecule has 0 saturated heterocycles. The van der Waals surface area contributed by atoms with E-state index in [1.807, 2.05) is 22.7 Å². The molecule has 0 fully saturated rings. The molecule has 1 radical (unpaired) electrons.